The second-order valence-electron chi connectivity index (χ2n) is 6.08. The van der Waals surface area contributed by atoms with E-state index in [1.165, 1.54) is 0 Å². The average Bonchev–Trinajstić information content (AvgIpc) is 2.63. The molecule has 0 saturated carbocycles. The number of allylic oxidation sites excluding steroid dienone is 5. The summed E-state index contributed by atoms with van der Waals surface area (Å²) >= 11 is 0. The van der Waals surface area contributed by atoms with E-state index in [0.717, 1.165) is 11.1 Å². The molecule has 2 unspecified atom stereocenters. The first-order valence-electron chi connectivity index (χ1n) is 8.26. The number of rotatable bonds is 4. The SMILES string of the molecule is CC=CC1(c2ccc(-c3ccccc3)c(F)c2)C=CC=CC1CN. The van der Waals surface area contributed by atoms with Crippen LogP contribution in [0.3, 0.4) is 0 Å². The fraction of sp³-hybridized carbons (Fsp3) is 0.182. The fourth-order valence-corrected chi connectivity index (χ4v) is 3.47. The predicted molar refractivity (Wildman–Crippen MR) is 99.2 cm³/mol. The summed E-state index contributed by atoms with van der Waals surface area (Å²) in [6.07, 6.45) is 12.4. The lowest BCUT2D eigenvalue weighted by molar-refractivity contribution is 0.477. The Kier molecular flexibility index (Phi) is 4.77. The zero-order valence-electron chi connectivity index (χ0n) is 13.8. The van der Waals surface area contributed by atoms with Crippen LogP contribution in [0.1, 0.15) is 12.5 Å². The second kappa shape index (κ2) is 6.98. The van der Waals surface area contributed by atoms with E-state index in [0.29, 0.717) is 12.1 Å². The lowest BCUT2D eigenvalue weighted by Crippen LogP contribution is -2.36. The van der Waals surface area contributed by atoms with Crippen LogP contribution in [-0.4, -0.2) is 6.54 Å². The Bertz CT molecular complexity index is 789. The van der Waals surface area contributed by atoms with Gasteiger partial charge in [0.15, 0.2) is 0 Å². The summed E-state index contributed by atoms with van der Waals surface area (Å²) in [5, 5.41) is 0. The van der Waals surface area contributed by atoms with Gasteiger partial charge in [-0.3, -0.25) is 0 Å². The summed E-state index contributed by atoms with van der Waals surface area (Å²) < 4.78 is 14.8. The van der Waals surface area contributed by atoms with Gasteiger partial charge in [-0.15, -0.1) is 0 Å². The molecule has 24 heavy (non-hydrogen) atoms. The molecule has 2 heteroatoms. The molecule has 0 aromatic heterocycles. The predicted octanol–water partition coefficient (Wildman–Crippen LogP) is 5.01. The molecule has 0 heterocycles. The van der Waals surface area contributed by atoms with E-state index in [9.17, 15) is 4.39 Å². The van der Waals surface area contributed by atoms with Crippen LogP contribution in [0, 0.1) is 11.7 Å². The van der Waals surface area contributed by atoms with Gasteiger partial charge in [0.25, 0.3) is 0 Å². The van der Waals surface area contributed by atoms with Crippen LogP contribution in [0.4, 0.5) is 4.39 Å². The first-order chi connectivity index (χ1) is 11.7. The van der Waals surface area contributed by atoms with Crippen LogP contribution in [0.5, 0.6) is 0 Å². The Morgan fingerprint density at radius 1 is 1.12 bits per heavy atom. The number of hydrogen-bond donors (Lipinski definition) is 1. The van der Waals surface area contributed by atoms with Gasteiger partial charge in [0.05, 0.1) is 0 Å². The minimum Gasteiger partial charge on any atom is -0.330 e. The quantitative estimate of drug-likeness (QED) is 0.788. The minimum atomic E-state index is -0.395. The Balaban J connectivity index is 2.09. The highest BCUT2D eigenvalue weighted by atomic mass is 19.1. The Morgan fingerprint density at radius 2 is 1.92 bits per heavy atom. The molecule has 0 saturated heterocycles. The molecule has 0 aliphatic heterocycles. The van der Waals surface area contributed by atoms with Gasteiger partial charge in [-0.25, -0.2) is 4.39 Å². The van der Waals surface area contributed by atoms with Crippen LogP contribution in [-0.2, 0) is 5.41 Å². The van der Waals surface area contributed by atoms with Gasteiger partial charge in [-0.1, -0.05) is 78.9 Å². The molecule has 3 rings (SSSR count). The topological polar surface area (TPSA) is 26.0 Å². The van der Waals surface area contributed by atoms with E-state index in [4.69, 9.17) is 5.73 Å². The maximum Gasteiger partial charge on any atom is 0.131 e. The van der Waals surface area contributed by atoms with Gasteiger partial charge in [-0.2, -0.15) is 0 Å². The van der Waals surface area contributed by atoms with Gasteiger partial charge in [0, 0.05) is 23.4 Å². The Morgan fingerprint density at radius 3 is 2.58 bits per heavy atom. The van der Waals surface area contributed by atoms with E-state index in [1.54, 1.807) is 6.07 Å². The van der Waals surface area contributed by atoms with Crippen LogP contribution in [0.25, 0.3) is 11.1 Å². The van der Waals surface area contributed by atoms with E-state index < -0.39 is 5.41 Å². The fourth-order valence-electron chi connectivity index (χ4n) is 3.47. The third kappa shape index (κ3) is 2.85. The summed E-state index contributed by atoms with van der Waals surface area (Å²) in [6, 6.07) is 15.1. The molecule has 2 atom stereocenters. The normalized spacial score (nSPS) is 23.0. The maximum atomic E-state index is 14.8. The van der Waals surface area contributed by atoms with Gasteiger partial charge in [0.1, 0.15) is 5.82 Å². The van der Waals surface area contributed by atoms with Crippen molar-refractivity contribution in [2.24, 2.45) is 11.7 Å². The summed E-state index contributed by atoms with van der Waals surface area (Å²) in [5.74, 6) is -0.0954. The molecule has 0 fully saturated rings. The van der Waals surface area contributed by atoms with Crippen molar-refractivity contribution in [2.45, 2.75) is 12.3 Å². The zero-order valence-corrected chi connectivity index (χ0v) is 13.8. The molecule has 1 aliphatic carbocycles. The van der Waals surface area contributed by atoms with E-state index in [2.05, 4.69) is 18.2 Å². The number of hydrogen-bond acceptors (Lipinski definition) is 1. The van der Waals surface area contributed by atoms with Crippen LogP contribution in [0.2, 0.25) is 0 Å². The first-order valence-corrected chi connectivity index (χ1v) is 8.26. The monoisotopic (exact) mass is 319 g/mol. The highest BCUT2D eigenvalue weighted by Gasteiger charge is 2.35. The molecule has 0 spiro atoms. The third-order valence-corrected chi connectivity index (χ3v) is 4.69. The van der Waals surface area contributed by atoms with Crippen LogP contribution < -0.4 is 5.73 Å². The number of benzene rings is 2. The molecule has 2 N–H and O–H groups in total. The molecule has 122 valence electrons. The van der Waals surface area contributed by atoms with E-state index in [1.807, 2.05) is 67.6 Å². The maximum absolute atomic E-state index is 14.8. The van der Waals surface area contributed by atoms with Crippen LogP contribution in [0.15, 0.2) is 85.0 Å². The van der Waals surface area contributed by atoms with Crippen molar-refractivity contribution >= 4 is 0 Å². The minimum absolute atomic E-state index is 0.112. The summed E-state index contributed by atoms with van der Waals surface area (Å²) in [6.45, 7) is 2.49. The third-order valence-electron chi connectivity index (χ3n) is 4.69. The van der Waals surface area contributed by atoms with Gasteiger partial charge in [-0.05, 0) is 24.1 Å². The van der Waals surface area contributed by atoms with Crippen molar-refractivity contribution in [2.75, 3.05) is 6.54 Å². The molecule has 1 nitrogen and oxygen atoms in total. The lowest BCUT2D eigenvalue weighted by atomic mass is 9.67. The van der Waals surface area contributed by atoms with Crippen molar-refractivity contribution < 1.29 is 4.39 Å². The second-order valence-corrected chi connectivity index (χ2v) is 6.08. The molecular formula is C22H22FN. The molecule has 0 radical (unpaired) electrons. The van der Waals surface area contributed by atoms with Gasteiger partial charge < -0.3 is 5.73 Å². The highest BCUT2D eigenvalue weighted by Crippen LogP contribution is 2.40. The molecule has 2 aromatic carbocycles. The van der Waals surface area contributed by atoms with Crippen molar-refractivity contribution in [1.82, 2.24) is 0 Å². The van der Waals surface area contributed by atoms with Crippen molar-refractivity contribution in [1.29, 1.82) is 0 Å². The number of nitrogens with two attached hydrogens (primary N) is 1. The Labute approximate surface area is 143 Å². The largest absolute Gasteiger partial charge is 0.330 e. The first kappa shape index (κ1) is 16.4. The van der Waals surface area contributed by atoms with Crippen molar-refractivity contribution in [3.8, 4) is 11.1 Å². The average molecular weight is 319 g/mol. The zero-order chi connectivity index (χ0) is 17.0. The van der Waals surface area contributed by atoms with E-state index >= 15 is 0 Å². The van der Waals surface area contributed by atoms with Crippen molar-refractivity contribution in [3.63, 3.8) is 0 Å². The van der Waals surface area contributed by atoms with E-state index in [-0.39, 0.29) is 11.7 Å². The van der Waals surface area contributed by atoms with Gasteiger partial charge >= 0.3 is 0 Å². The summed E-state index contributed by atoms with van der Waals surface area (Å²) in [7, 11) is 0. The summed E-state index contributed by atoms with van der Waals surface area (Å²) in [4.78, 5) is 0. The highest BCUT2D eigenvalue weighted by molar-refractivity contribution is 5.65. The van der Waals surface area contributed by atoms with Crippen LogP contribution >= 0.6 is 0 Å². The summed E-state index contributed by atoms with van der Waals surface area (Å²) in [5.41, 5.74) is 8.03. The molecule has 0 amide bonds. The molecule has 0 bridgehead atoms. The van der Waals surface area contributed by atoms with Crippen molar-refractivity contribution in [3.05, 3.63) is 96.4 Å². The standard InChI is InChI=1S/C22H22FN/c1-2-13-22(14-7-6-10-19(22)16-24)18-11-12-20(21(23)15-18)17-8-4-3-5-9-17/h2-15,19H,16,24H2,1H3. The number of halogens is 1. The lowest BCUT2D eigenvalue weighted by Gasteiger charge is -2.36. The molecule has 1 aliphatic rings. The van der Waals surface area contributed by atoms with Gasteiger partial charge in [0.2, 0.25) is 0 Å². The molecular weight excluding hydrogens is 297 g/mol. The smallest absolute Gasteiger partial charge is 0.131 e. The molecule has 2 aromatic rings. The Hall–Kier alpha value is -2.45.